The van der Waals surface area contributed by atoms with Gasteiger partial charge in [0, 0.05) is 22.2 Å². The van der Waals surface area contributed by atoms with Gasteiger partial charge < -0.3 is 4.90 Å². The van der Waals surface area contributed by atoms with Crippen LogP contribution in [0.25, 0.3) is 43.4 Å². The molecule has 0 saturated carbocycles. The Labute approximate surface area is 247 Å². The van der Waals surface area contributed by atoms with Crippen molar-refractivity contribution >= 4 is 49.4 Å². The number of nitrogens with zero attached hydrogens (tertiary/aromatic N) is 1. The summed E-state index contributed by atoms with van der Waals surface area (Å²) in [4.78, 5) is 2.46. The summed E-state index contributed by atoms with van der Waals surface area (Å²) in [6, 6.07) is 47.1. The Bertz CT molecular complexity index is 2170. The number of rotatable bonds is 3. The van der Waals surface area contributed by atoms with E-state index in [4.69, 9.17) is 0 Å². The van der Waals surface area contributed by atoms with Gasteiger partial charge in [-0.1, -0.05) is 111 Å². The molecule has 0 aromatic heterocycles. The molecule has 0 N–H and O–H groups in total. The van der Waals surface area contributed by atoms with E-state index in [2.05, 4.69) is 160 Å². The monoisotopic (exact) mass is 539 g/mol. The van der Waals surface area contributed by atoms with Crippen molar-refractivity contribution in [3.63, 3.8) is 0 Å². The molecule has 7 aromatic rings. The average molecular weight is 540 g/mol. The highest BCUT2D eigenvalue weighted by Gasteiger charge is 2.40. The van der Waals surface area contributed by atoms with E-state index in [0.29, 0.717) is 0 Å². The minimum absolute atomic E-state index is 0.183. The van der Waals surface area contributed by atoms with E-state index in [9.17, 15) is 0 Å². The van der Waals surface area contributed by atoms with Crippen LogP contribution in [0.15, 0.2) is 127 Å². The Kier molecular flexibility index (Phi) is 5.37. The second-order valence-electron chi connectivity index (χ2n) is 12.3. The summed E-state index contributed by atoms with van der Waals surface area (Å²) < 4.78 is 0. The van der Waals surface area contributed by atoms with Crippen molar-refractivity contribution in [3.8, 4) is 11.1 Å². The lowest BCUT2D eigenvalue weighted by atomic mass is 9.79. The minimum atomic E-state index is -0.183. The zero-order valence-corrected chi connectivity index (χ0v) is 24.6. The Balaban J connectivity index is 1.53. The van der Waals surface area contributed by atoms with Crippen LogP contribution in [-0.2, 0) is 5.41 Å². The number of anilines is 3. The van der Waals surface area contributed by atoms with Crippen LogP contribution in [0.1, 0.15) is 36.1 Å². The standard InChI is InChI=1S/C41H33N/c1-26-22-27(2)24-29(23-26)42(28-14-6-5-7-15-28)37-25-36-38(34-20-12-10-18-32(34)37)39-33-19-11-8-16-30(33)31-17-9-13-21-35(31)40(39)41(36,3)4/h5-25H,1-4H3. The summed E-state index contributed by atoms with van der Waals surface area (Å²) in [6.07, 6.45) is 0. The number of benzene rings is 7. The molecule has 0 spiro atoms. The molecule has 202 valence electrons. The number of hydrogen-bond acceptors (Lipinski definition) is 1. The summed E-state index contributed by atoms with van der Waals surface area (Å²) >= 11 is 0. The van der Waals surface area contributed by atoms with Crippen LogP contribution in [-0.4, -0.2) is 0 Å². The molecule has 0 heterocycles. The maximum atomic E-state index is 2.49. The van der Waals surface area contributed by atoms with Gasteiger partial charge in [-0.3, -0.25) is 0 Å². The van der Waals surface area contributed by atoms with Crippen molar-refractivity contribution in [1.29, 1.82) is 0 Å². The summed E-state index contributed by atoms with van der Waals surface area (Å²) in [5.41, 5.74) is 11.5. The molecule has 42 heavy (non-hydrogen) atoms. The first-order chi connectivity index (χ1) is 20.4. The molecule has 1 nitrogen and oxygen atoms in total. The lowest BCUT2D eigenvalue weighted by Crippen LogP contribution is -2.17. The predicted molar refractivity (Wildman–Crippen MR) is 181 cm³/mol. The molecule has 7 aromatic carbocycles. The van der Waals surface area contributed by atoms with E-state index < -0.39 is 0 Å². The molecule has 8 rings (SSSR count). The van der Waals surface area contributed by atoms with Gasteiger partial charge in [-0.25, -0.2) is 0 Å². The van der Waals surface area contributed by atoms with E-state index in [1.165, 1.54) is 77.1 Å². The smallest absolute Gasteiger partial charge is 0.0543 e. The molecular formula is C41H33N. The highest BCUT2D eigenvalue weighted by atomic mass is 15.1. The van der Waals surface area contributed by atoms with Gasteiger partial charge in [0.05, 0.1) is 5.69 Å². The van der Waals surface area contributed by atoms with Gasteiger partial charge in [-0.2, -0.15) is 0 Å². The summed E-state index contributed by atoms with van der Waals surface area (Å²) in [7, 11) is 0. The van der Waals surface area contributed by atoms with Gasteiger partial charge in [0.25, 0.3) is 0 Å². The fraction of sp³-hybridized carbons (Fsp3) is 0.122. The van der Waals surface area contributed by atoms with E-state index in [-0.39, 0.29) is 5.41 Å². The third kappa shape index (κ3) is 3.50. The summed E-state index contributed by atoms with van der Waals surface area (Å²) in [5.74, 6) is 0. The van der Waals surface area contributed by atoms with Gasteiger partial charge in [0.1, 0.15) is 0 Å². The largest absolute Gasteiger partial charge is 0.310 e. The first kappa shape index (κ1) is 24.9. The Hall–Kier alpha value is -4.88. The SMILES string of the molecule is Cc1cc(C)cc(N(c2ccccc2)c2cc3c(c4ccccc24)-c2c(c4ccccc4c4ccccc24)C3(C)C)c1. The third-order valence-corrected chi connectivity index (χ3v) is 9.22. The lowest BCUT2D eigenvalue weighted by Gasteiger charge is -2.30. The van der Waals surface area contributed by atoms with Gasteiger partial charge in [0.2, 0.25) is 0 Å². The van der Waals surface area contributed by atoms with Crippen LogP contribution in [0.4, 0.5) is 17.1 Å². The van der Waals surface area contributed by atoms with E-state index in [0.717, 1.165) is 5.69 Å². The topological polar surface area (TPSA) is 3.24 Å². The van der Waals surface area contributed by atoms with E-state index in [1.807, 2.05) is 0 Å². The third-order valence-electron chi connectivity index (χ3n) is 9.22. The summed E-state index contributed by atoms with van der Waals surface area (Å²) in [6.45, 7) is 9.22. The van der Waals surface area contributed by atoms with Crippen LogP contribution >= 0.6 is 0 Å². The second kappa shape index (κ2) is 9.06. The number of hydrogen-bond donors (Lipinski definition) is 0. The van der Waals surface area contributed by atoms with Gasteiger partial charge in [-0.15, -0.1) is 0 Å². The quantitative estimate of drug-likeness (QED) is 0.202. The Morgan fingerprint density at radius 3 is 1.60 bits per heavy atom. The Morgan fingerprint density at radius 1 is 0.452 bits per heavy atom. The maximum absolute atomic E-state index is 2.49. The molecule has 0 atom stereocenters. The van der Waals surface area contributed by atoms with Crippen LogP contribution in [0, 0.1) is 13.8 Å². The molecular weight excluding hydrogens is 506 g/mol. The number of fused-ring (bicyclic) bond motifs is 10. The van der Waals surface area contributed by atoms with Crippen LogP contribution < -0.4 is 4.90 Å². The van der Waals surface area contributed by atoms with Gasteiger partial charge in [-0.05, 0) is 104 Å². The number of para-hydroxylation sites is 1. The van der Waals surface area contributed by atoms with Crippen molar-refractivity contribution in [2.24, 2.45) is 0 Å². The van der Waals surface area contributed by atoms with Crippen LogP contribution in [0.2, 0.25) is 0 Å². The molecule has 0 unspecified atom stereocenters. The zero-order chi connectivity index (χ0) is 28.6. The molecule has 1 aliphatic carbocycles. The van der Waals surface area contributed by atoms with Crippen LogP contribution in [0.3, 0.4) is 0 Å². The molecule has 0 fully saturated rings. The van der Waals surface area contributed by atoms with Crippen molar-refractivity contribution in [1.82, 2.24) is 0 Å². The van der Waals surface area contributed by atoms with Crippen molar-refractivity contribution < 1.29 is 0 Å². The first-order valence-corrected chi connectivity index (χ1v) is 14.9. The molecule has 0 radical (unpaired) electrons. The highest BCUT2D eigenvalue weighted by Crippen LogP contribution is 2.58. The lowest BCUT2D eigenvalue weighted by molar-refractivity contribution is 0.667. The molecule has 1 heteroatoms. The second-order valence-corrected chi connectivity index (χ2v) is 12.3. The van der Waals surface area contributed by atoms with E-state index >= 15 is 0 Å². The molecule has 0 amide bonds. The highest BCUT2D eigenvalue weighted by molar-refractivity contribution is 6.22. The zero-order valence-electron chi connectivity index (χ0n) is 24.6. The van der Waals surface area contributed by atoms with E-state index in [1.54, 1.807) is 0 Å². The maximum Gasteiger partial charge on any atom is 0.0543 e. The van der Waals surface area contributed by atoms with Gasteiger partial charge >= 0.3 is 0 Å². The fourth-order valence-corrected chi connectivity index (χ4v) is 7.57. The van der Waals surface area contributed by atoms with Crippen molar-refractivity contribution in [2.45, 2.75) is 33.1 Å². The molecule has 1 aliphatic rings. The molecule has 0 saturated heterocycles. The normalized spacial score (nSPS) is 13.4. The molecule has 0 bridgehead atoms. The van der Waals surface area contributed by atoms with Crippen molar-refractivity contribution in [3.05, 3.63) is 150 Å². The van der Waals surface area contributed by atoms with Crippen LogP contribution in [0.5, 0.6) is 0 Å². The first-order valence-electron chi connectivity index (χ1n) is 14.9. The predicted octanol–water partition coefficient (Wildman–Crippen LogP) is 11.5. The fourth-order valence-electron chi connectivity index (χ4n) is 7.57. The van der Waals surface area contributed by atoms with Crippen molar-refractivity contribution in [2.75, 3.05) is 4.90 Å². The molecule has 0 aliphatic heterocycles. The number of aryl methyl sites for hydroxylation is 2. The minimum Gasteiger partial charge on any atom is -0.310 e. The average Bonchev–Trinajstić information content (AvgIpc) is 3.25. The summed E-state index contributed by atoms with van der Waals surface area (Å²) in [5, 5.41) is 7.92. The van der Waals surface area contributed by atoms with Gasteiger partial charge in [0.15, 0.2) is 0 Å². The Morgan fingerprint density at radius 2 is 0.952 bits per heavy atom.